The van der Waals surface area contributed by atoms with E-state index in [9.17, 15) is 18.4 Å². The van der Waals surface area contributed by atoms with Gasteiger partial charge in [-0.2, -0.15) is 0 Å². The smallest absolute Gasteiger partial charge is 0.407 e. The third-order valence-corrected chi connectivity index (χ3v) is 6.57. The van der Waals surface area contributed by atoms with Crippen LogP contribution >= 0.6 is 0 Å². The van der Waals surface area contributed by atoms with Gasteiger partial charge in [-0.25, -0.2) is 13.6 Å². The Bertz CT molecular complexity index is 751. The largest absolute Gasteiger partial charge is 0.450 e. The molecule has 5 nitrogen and oxygen atoms in total. The zero-order valence-electron chi connectivity index (χ0n) is 16.0. The molecule has 152 valence electrons. The molecule has 1 heterocycles. The minimum atomic E-state index is -2.77. The molecule has 3 aliphatic rings. The molecule has 2 saturated carbocycles. The first-order valence-corrected chi connectivity index (χ1v) is 10.1. The van der Waals surface area contributed by atoms with Crippen molar-refractivity contribution in [3.8, 4) is 0 Å². The molecular weight excluding hydrogens is 366 g/mol. The van der Waals surface area contributed by atoms with Crippen molar-refractivity contribution in [2.24, 2.45) is 11.8 Å². The van der Waals surface area contributed by atoms with Crippen molar-refractivity contribution >= 4 is 12.0 Å². The summed E-state index contributed by atoms with van der Waals surface area (Å²) in [6.07, 6.45) is 1.67. The Labute approximate surface area is 163 Å². The Morgan fingerprint density at radius 2 is 1.96 bits per heavy atom. The quantitative estimate of drug-likeness (QED) is 0.836. The topological polar surface area (TPSA) is 58.6 Å². The van der Waals surface area contributed by atoms with E-state index in [0.29, 0.717) is 31.6 Å². The van der Waals surface area contributed by atoms with Crippen LogP contribution in [0.25, 0.3) is 0 Å². The van der Waals surface area contributed by atoms with Crippen molar-refractivity contribution in [2.45, 2.75) is 50.0 Å². The summed E-state index contributed by atoms with van der Waals surface area (Å²) in [6.45, 7) is 2.74. The van der Waals surface area contributed by atoms with E-state index >= 15 is 0 Å². The van der Waals surface area contributed by atoms with Crippen LogP contribution in [0.15, 0.2) is 30.3 Å². The molecule has 28 heavy (non-hydrogen) atoms. The Morgan fingerprint density at radius 1 is 1.25 bits per heavy atom. The molecule has 0 aromatic heterocycles. The molecule has 0 spiro atoms. The first kappa shape index (κ1) is 19.2. The molecule has 1 aromatic rings. The summed E-state index contributed by atoms with van der Waals surface area (Å²) in [7, 11) is 0. The van der Waals surface area contributed by atoms with E-state index in [1.54, 1.807) is 29.2 Å². The van der Waals surface area contributed by atoms with Gasteiger partial charge in [-0.3, -0.25) is 4.79 Å². The number of likely N-dealkylation sites (tertiary alicyclic amines) is 1. The van der Waals surface area contributed by atoms with Crippen molar-refractivity contribution in [1.82, 2.24) is 10.2 Å². The minimum Gasteiger partial charge on any atom is -0.450 e. The molecule has 2 atom stereocenters. The normalized spacial score (nSPS) is 32.7. The van der Waals surface area contributed by atoms with Crippen LogP contribution in [0.5, 0.6) is 0 Å². The van der Waals surface area contributed by atoms with E-state index < -0.39 is 23.3 Å². The van der Waals surface area contributed by atoms with E-state index in [2.05, 4.69) is 5.32 Å². The number of ether oxygens (including phenoxy) is 1. The van der Waals surface area contributed by atoms with Crippen molar-refractivity contribution in [3.05, 3.63) is 35.9 Å². The molecule has 4 rings (SSSR count). The number of halogens is 2. The van der Waals surface area contributed by atoms with Gasteiger partial charge in [0.15, 0.2) is 0 Å². The van der Waals surface area contributed by atoms with Gasteiger partial charge in [0.2, 0.25) is 5.91 Å². The van der Waals surface area contributed by atoms with Crippen molar-refractivity contribution < 1.29 is 23.1 Å². The Hall–Kier alpha value is -2.18. The number of carbonyl (C=O) groups excluding carboxylic acids is 2. The van der Waals surface area contributed by atoms with Gasteiger partial charge in [-0.15, -0.1) is 0 Å². The highest BCUT2D eigenvalue weighted by Crippen LogP contribution is 2.70. The van der Waals surface area contributed by atoms with Gasteiger partial charge in [-0.1, -0.05) is 37.3 Å². The van der Waals surface area contributed by atoms with Crippen molar-refractivity contribution in [2.75, 3.05) is 19.7 Å². The van der Waals surface area contributed by atoms with Crippen molar-refractivity contribution in [1.29, 1.82) is 0 Å². The molecule has 2 unspecified atom stereocenters. The first-order chi connectivity index (χ1) is 13.4. The highest BCUT2D eigenvalue weighted by atomic mass is 19.3. The van der Waals surface area contributed by atoms with E-state index in [1.165, 1.54) is 0 Å². The van der Waals surface area contributed by atoms with Gasteiger partial charge < -0.3 is 15.0 Å². The summed E-state index contributed by atoms with van der Waals surface area (Å²) in [6, 6.07) is 8.87. The molecule has 1 aromatic carbocycles. The fourth-order valence-electron chi connectivity index (χ4n) is 4.84. The summed E-state index contributed by atoms with van der Waals surface area (Å²) in [5, 5.41) is 2.74. The highest BCUT2D eigenvalue weighted by molar-refractivity contribution is 5.81. The number of fused-ring (bicyclic) bond motifs is 1. The highest BCUT2D eigenvalue weighted by Gasteiger charge is 2.81. The third-order valence-electron chi connectivity index (χ3n) is 6.57. The van der Waals surface area contributed by atoms with Crippen LogP contribution in [0.3, 0.4) is 0 Å². The van der Waals surface area contributed by atoms with Crippen LogP contribution < -0.4 is 5.32 Å². The van der Waals surface area contributed by atoms with Crippen LogP contribution in [0.2, 0.25) is 0 Å². The fraction of sp³-hybridized carbons (Fsp3) is 0.619. The molecule has 1 saturated heterocycles. The number of alkyl halides is 2. The second kappa shape index (κ2) is 7.01. The van der Waals surface area contributed by atoms with Crippen molar-refractivity contribution in [3.63, 3.8) is 0 Å². The summed E-state index contributed by atoms with van der Waals surface area (Å²) in [4.78, 5) is 25.9. The zero-order chi connectivity index (χ0) is 19.9. The number of amides is 2. The number of nitrogens with zero attached hydrogens (tertiary/aromatic N) is 1. The first-order valence-electron chi connectivity index (χ1n) is 10.1. The minimum absolute atomic E-state index is 0.0654. The number of hydrogen-bond donors (Lipinski definition) is 1. The lowest BCUT2D eigenvalue weighted by molar-refractivity contribution is -0.140. The number of nitrogens with one attached hydrogen (secondary N) is 1. The standard InChI is InChI=1S/C21H26F2N2O3/c1-2-10-28-19(27)24-16-11-14(12-16)18(26)25-9-8-20(15-6-4-3-5-7-15)17(13-25)21(20,22)23/h3-7,14,16-17H,2,8-13H2,1H3,(H,24,27). The molecule has 7 heteroatoms. The second-order valence-corrected chi connectivity index (χ2v) is 8.19. The van der Waals surface area contributed by atoms with E-state index in [-0.39, 0.29) is 30.8 Å². The maximum atomic E-state index is 14.7. The van der Waals surface area contributed by atoms with Crippen LogP contribution in [-0.4, -0.2) is 48.6 Å². The lowest BCUT2D eigenvalue weighted by Crippen LogP contribution is -2.52. The third kappa shape index (κ3) is 2.95. The zero-order valence-corrected chi connectivity index (χ0v) is 16.0. The molecule has 2 aliphatic carbocycles. The molecule has 0 bridgehead atoms. The van der Waals surface area contributed by atoms with Crippen LogP contribution in [0.1, 0.15) is 38.2 Å². The van der Waals surface area contributed by atoms with Gasteiger partial charge in [-0.05, 0) is 31.2 Å². The van der Waals surface area contributed by atoms with Gasteiger partial charge in [0.25, 0.3) is 5.92 Å². The van der Waals surface area contributed by atoms with Crippen LogP contribution in [0, 0.1) is 11.8 Å². The maximum Gasteiger partial charge on any atom is 0.407 e. The number of benzene rings is 1. The molecule has 1 aliphatic heterocycles. The summed E-state index contributed by atoms with van der Waals surface area (Å²) in [5.41, 5.74) is -0.437. The maximum absolute atomic E-state index is 14.7. The molecule has 0 radical (unpaired) electrons. The van der Waals surface area contributed by atoms with E-state index in [0.717, 1.165) is 6.42 Å². The Kier molecular flexibility index (Phi) is 4.79. The van der Waals surface area contributed by atoms with Crippen LogP contribution in [-0.2, 0) is 14.9 Å². The molecular formula is C21H26F2N2O3. The monoisotopic (exact) mass is 392 g/mol. The average Bonchev–Trinajstić information content (AvgIpc) is 3.18. The summed E-state index contributed by atoms with van der Waals surface area (Å²) < 4.78 is 34.3. The molecule has 2 amide bonds. The van der Waals surface area contributed by atoms with Gasteiger partial charge >= 0.3 is 6.09 Å². The number of carbonyl (C=O) groups is 2. The fourth-order valence-corrected chi connectivity index (χ4v) is 4.84. The SMILES string of the molecule is CCCOC(=O)NC1CC(C(=O)N2CCC3(c4ccccc4)C(C2)C3(F)F)C1. The van der Waals surface area contributed by atoms with E-state index in [4.69, 9.17) is 4.74 Å². The summed E-state index contributed by atoms with van der Waals surface area (Å²) >= 11 is 0. The molecule has 3 fully saturated rings. The van der Waals surface area contributed by atoms with Gasteiger partial charge in [0, 0.05) is 25.0 Å². The predicted molar refractivity (Wildman–Crippen MR) is 99.0 cm³/mol. The lowest BCUT2D eigenvalue weighted by Gasteiger charge is -2.39. The Morgan fingerprint density at radius 3 is 2.61 bits per heavy atom. The van der Waals surface area contributed by atoms with Gasteiger partial charge in [0.05, 0.1) is 17.9 Å². The summed E-state index contributed by atoms with van der Waals surface area (Å²) in [5.74, 6) is -3.84. The second-order valence-electron chi connectivity index (χ2n) is 8.19. The lowest BCUT2D eigenvalue weighted by atomic mass is 9.78. The van der Waals surface area contributed by atoms with Gasteiger partial charge in [0.1, 0.15) is 0 Å². The molecule has 1 N–H and O–H groups in total. The number of piperidine rings is 1. The number of hydrogen-bond acceptors (Lipinski definition) is 3. The average molecular weight is 392 g/mol. The Balaban J connectivity index is 1.31. The predicted octanol–water partition coefficient (Wildman–Crippen LogP) is 3.34. The number of alkyl carbamates (subject to hydrolysis) is 1. The number of rotatable bonds is 5. The van der Waals surface area contributed by atoms with E-state index in [1.807, 2.05) is 13.0 Å². The van der Waals surface area contributed by atoms with Crippen LogP contribution in [0.4, 0.5) is 13.6 Å².